The van der Waals surface area contributed by atoms with Gasteiger partial charge >= 0.3 is 0 Å². The maximum Gasteiger partial charge on any atom is 0.246 e. The van der Waals surface area contributed by atoms with Gasteiger partial charge in [-0.15, -0.1) is 21.5 Å². The molecule has 2 unspecified atom stereocenters. The number of anilines is 3. The minimum atomic E-state index is -0.866. The van der Waals surface area contributed by atoms with Crippen molar-refractivity contribution in [3.63, 3.8) is 0 Å². The number of aliphatic hydroxyl groups excluding tert-OH is 1. The van der Waals surface area contributed by atoms with Crippen LogP contribution in [0, 0.1) is 24.2 Å². The summed E-state index contributed by atoms with van der Waals surface area (Å²) in [5.41, 5.74) is 13.6. The molecule has 70 heavy (non-hydrogen) atoms. The fraction of sp³-hybridized carbons (Fsp3) is 0.500. The van der Waals surface area contributed by atoms with Crippen LogP contribution in [0.5, 0.6) is 5.75 Å². The van der Waals surface area contributed by atoms with Gasteiger partial charge in [0.1, 0.15) is 17.8 Å². The predicted molar refractivity (Wildman–Crippen MR) is 271 cm³/mol. The van der Waals surface area contributed by atoms with Gasteiger partial charge in [0.05, 0.1) is 33.6 Å². The van der Waals surface area contributed by atoms with Crippen LogP contribution in [0.4, 0.5) is 17.5 Å². The van der Waals surface area contributed by atoms with Gasteiger partial charge in [-0.1, -0.05) is 57.2 Å². The number of amides is 3. The number of carbonyl (C=O) groups excluding carboxylic acids is 3. The lowest BCUT2D eigenvalue weighted by Crippen LogP contribution is -2.58. The maximum atomic E-state index is 14.3. The van der Waals surface area contributed by atoms with Crippen LogP contribution in [0.15, 0.2) is 72.5 Å². The molecule has 6 N–H and O–H groups in total. The molecule has 4 aliphatic rings. The highest BCUT2D eigenvalue weighted by Crippen LogP contribution is 2.39. The first kappa shape index (κ1) is 48.8. The number of hydrogen-bond acceptors (Lipinski definition) is 15. The number of likely N-dealkylation sites (tertiary alicyclic amines) is 1. The second kappa shape index (κ2) is 20.6. The molecule has 1 saturated carbocycles. The number of rotatable bonds is 14. The van der Waals surface area contributed by atoms with Crippen molar-refractivity contribution in [3.8, 4) is 27.4 Å². The SMILES string of the molecule is Cc1ncsc1-c1ccc(CNC(=O)[C@@H]2C[C@@H](O)CN2C(=O)[C@@H](NC(=O)C2CCC(CN(C)Cc3cnc(N4C5CCC4CN(c4cc(-c6ccccc6O)nnc4N)C5)nc3)CC2)C(C)(C)C)cc1. The summed E-state index contributed by atoms with van der Waals surface area (Å²) in [4.78, 5) is 65.3. The number of benzene rings is 2. The van der Waals surface area contributed by atoms with Gasteiger partial charge in [0, 0.05) is 87.2 Å². The Bertz CT molecular complexity index is 2640. The Hall–Kier alpha value is -6.24. The minimum absolute atomic E-state index is 0.0303. The molecule has 0 spiro atoms. The number of nitrogens with two attached hydrogens (primary N) is 1. The number of aromatic nitrogens is 5. The summed E-state index contributed by atoms with van der Waals surface area (Å²) in [5, 5.41) is 35.7. The van der Waals surface area contributed by atoms with Crippen molar-refractivity contribution in [2.75, 3.05) is 48.8 Å². The Kier molecular flexibility index (Phi) is 14.4. The lowest BCUT2D eigenvalue weighted by atomic mass is 9.80. The van der Waals surface area contributed by atoms with Crippen LogP contribution in [-0.4, -0.2) is 126 Å². The van der Waals surface area contributed by atoms with Crippen molar-refractivity contribution in [2.24, 2.45) is 17.3 Å². The summed E-state index contributed by atoms with van der Waals surface area (Å²) in [6, 6.07) is 15.7. The minimum Gasteiger partial charge on any atom is -0.507 e. The summed E-state index contributed by atoms with van der Waals surface area (Å²) in [6.07, 6.45) is 8.45. The number of thiazole rings is 1. The number of piperazine rings is 1. The van der Waals surface area contributed by atoms with E-state index in [4.69, 9.17) is 15.7 Å². The number of aliphatic hydroxyl groups is 1. The molecule has 1 aliphatic carbocycles. The van der Waals surface area contributed by atoms with E-state index in [1.807, 2.05) is 88.1 Å². The molecule has 2 bridgehead atoms. The third kappa shape index (κ3) is 10.7. The van der Waals surface area contributed by atoms with Crippen LogP contribution in [0.2, 0.25) is 0 Å². The van der Waals surface area contributed by atoms with Gasteiger partial charge < -0.3 is 46.2 Å². The fourth-order valence-corrected chi connectivity index (χ4v) is 11.7. The van der Waals surface area contributed by atoms with E-state index in [9.17, 15) is 24.6 Å². The summed E-state index contributed by atoms with van der Waals surface area (Å²) in [5.74, 6) is 0.637. The highest BCUT2D eigenvalue weighted by atomic mass is 32.1. The summed E-state index contributed by atoms with van der Waals surface area (Å²) < 4.78 is 0. The van der Waals surface area contributed by atoms with Crippen molar-refractivity contribution in [2.45, 2.75) is 116 Å². The molecule has 3 amide bonds. The molecule has 5 atom stereocenters. The summed E-state index contributed by atoms with van der Waals surface area (Å²) >= 11 is 1.59. The number of β-amino-alcohol motifs (C(OH)–C–C–N with tert-alkyl or cyclic N) is 1. The Morgan fingerprint density at radius 2 is 1.60 bits per heavy atom. The van der Waals surface area contributed by atoms with Crippen molar-refractivity contribution >= 4 is 46.5 Å². The third-order valence-electron chi connectivity index (χ3n) is 14.7. The quantitative estimate of drug-likeness (QED) is 0.0921. The Morgan fingerprint density at radius 1 is 0.900 bits per heavy atom. The number of phenols is 1. The largest absolute Gasteiger partial charge is 0.507 e. The average Bonchev–Trinajstić information content (AvgIpc) is 4.04. The molecular weight excluding hydrogens is 905 g/mol. The zero-order valence-corrected chi connectivity index (χ0v) is 41.6. The molecule has 5 aromatic rings. The van der Waals surface area contributed by atoms with E-state index in [1.165, 1.54) is 4.90 Å². The molecule has 4 fully saturated rings. The van der Waals surface area contributed by atoms with Gasteiger partial charge in [-0.25, -0.2) is 15.0 Å². The van der Waals surface area contributed by atoms with E-state index < -0.39 is 23.6 Å². The van der Waals surface area contributed by atoms with Gasteiger partial charge in [0.2, 0.25) is 23.7 Å². The van der Waals surface area contributed by atoms with E-state index in [0.29, 0.717) is 29.5 Å². The van der Waals surface area contributed by atoms with Gasteiger partial charge in [0.25, 0.3) is 0 Å². The smallest absolute Gasteiger partial charge is 0.246 e. The predicted octanol–water partition coefficient (Wildman–Crippen LogP) is 5.56. The molecule has 6 heterocycles. The number of fused-ring (bicyclic) bond motifs is 2. The van der Waals surface area contributed by atoms with Crippen LogP contribution in [0.25, 0.3) is 21.7 Å². The third-order valence-corrected chi connectivity index (χ3v) is 15.6. The normalized spacial score (nSPS) is 22.9. The number of aromatic hydroxyl groups is 1. The molecule has 18 heteroatoms. The monoisotopic (exact) mass is 970 g/mol. The Morgan fingerprint density at radius 3 is 2.26 bits per heavy atom. The van der Waals surface area contributed by atoms with Gasteiger partial charge in [-0.05, 0) is 93.2 Å². The van der Waals surface area contributed by atoms with E-state index in [-0.39, 0.29) is 61.0 Å². The topological polar surface area (TPSA) is 219 Å². The van der Waals surface area contributed by atoms with E-state index in [1.54, 1.807) is 23.5 Å². The second-order valence-electron chi connectivity index (χ2n) is 20.9. The molecule has 3 saturated heterocycles. The molecule has 3 aliphatic heterocycles. The summed E-state index contributed by atoms with van der Waals surface area (Å²) in [7, 11) is 2.11. The summed E-state index contributed by atoms with van der Waals surface area (Å²) in [6.45, 7) is 11.1. The standard InChI is InChI=1S/C52H66N12O5S/c1-31-45(70-30-57-31)35-14-10-32(11-15-35)22-54-49(68)43-20-39(65)29-63(43)50(69)46(52(2,3)4)58-48(67)36-16-12-33(13-17-36)25-61(5)26-34-23-55-51(56-24-34)64-37-18-19-38(64)28-62(27-37)42-21-41(59-60-47(42)53)40-8-6-7-9-44(40)66/h6-11,14-15,21,23-24,30,33,36-39,43,46,65-66H,12-13,16-20,22,25-29H2,1-5H3,(H2,53,60)(H,54,68)(H,58,67)/t33?,36?,37?,38?,39-,43+,46-/m1/s1. The van der Waals surface area contributed by atoms with E-state index in [0.717, 1.165) is 97.1 Å². The molecule has 2 aromatic carbocycles. The molecule has 9 rings (SSSR count). The first-order valence-corrected chi connectivity index (χ1v) is 25.5. The highest BCUT2D eigenvalue weighted by Gasteiger charge is 2.46. The van der Waals surface area contributed by atoms with Gasteiger partial charge in [0.15, 0.2) is 5.82 Å². The molecular formula is C52H66N12O5S. The van der Waals surface area contributed by atoms with Gasteiger partial charge in [-0.3, -0.25) is 14.4 Å². The van der Waals surface area contributed by atoms with Crippen molar-refractivity contribution in [1.82, 2.24) is 45.6 Å². The zero-order chi connectivity index (χ0) is 49.3. The van der Waals surface area contributed by atoms with Crippen LogP contribution >= 0.6 is 11.3 Å². The Labute approximate surface area is 413 Å². The van der Waals surface area contributed by atoms with E-state index >= 15 is 0 Å². The number of nitrogen functional groups attached to an aromatic ring is 1. The Balaban J connectivity index is 0.736. The highest BCUT2D eigenvalue weighted by molar-refractivity contribution is 7.13. The van der Waals surface area contributed by atoms with Crippen LogP contribution < -0.4 is 26.2 Å². The van der Waals surface area contributed by atoms with Crippen LogP contribution in [-0.2, 0) is 27.5 Å². The van der Waals surface area contributed by atoms with Crippen molar-refractivity contribution in [1.29, 1.82) is 0 Å². The number of aryl methyl sites for hydroxylation is 1. The number of nitrogens with zero attached hydrogens (tertiary/aromatic N) is 9. The number of hydrogen-bond donors (Lipinski definition) is 5. The molecule has 370 valence electrons. The molecule has 3 aromatic heterocycles. The molecule has 0 radical (unpaired) electrons. The van der Waals surface area contributed by atoms with Crippen LogP contribution in [0.1, 0.15) is 82.5 Å². The average molecular weight is 971 g/mol. The van der Waals surface area contributed by atoms with E-state index in [2.05, 4.69) is 47.6 Å². The number of carbonyl (C=O) groups is 3. The first-order valence-electron chi connectivity index (χ1n) is 24.6. The lowest BCUT2D eigenvalue weighted by Gasteiger charge is -2.42. The molecule has 17 nitrogen and oxygen atoms in total. The number of nitrogens with one attached hydrogen (secondary N) is 2. The lowest BCUT2D eigenvalue weighted by molar-refractivity contribution is -0.144. The van der Waals surface area contributed by atoms with Crippen molar-refractivity contribution in [3.05, 3.63) is 89.3 Å². The fourth-order valence-electron chi connectivity index (χ4n) is 10.9. The van der Waals surface area contributed by atoms with Gasteiger partial charge in [-0.2, -0.15) is 0 Å². The first-order chi connectivity index (χ1) is 33.6. The van der Waals surface area contributed by atoms with Crippen LogP contribution in [0.3, 0.4) is 0 Å². The maximum absolute atomic E-state index is 14.3. The second-order valence-corrected chi connectivity index (χ2v) is 21.8. The van der Waals surface area contributed by atoms with Crippen molar-refractivity contribution < 1.29 is 24.6 Å². The number of phenolic OH excluding ortho intramolecular Hbond substituents is 1. The number of para-hydroxylation sites is 1. The zero-order valence-electron chi connectivity index (χ0n) is 40.8.